The number of nitrogens with zero attached hydrogens (tertiary/aromatic N) is 3. The number of ketones is 1. The molecule has 1 aromatic heterocycles. The molecule has 4 N–H and O–H groups in total. The van der Waals surface area contributed by atoms with E-state index in [2.05, 4.69) is 10.3 Å². The summed E-state index contributed by atoms with van der Waals surface area (Å²) >= 11 is 0.922. The average Bonchev–Trinajstić information content (AvgIpc) is 3.31. The van der Waals surface area contributed by atoms with Crippen LogP contribution in [0, 0.1) is 11.6 Å². The molecule has 1 aliphatic heterocycles. The van der Waals surface area contributed by atoms with Gasteiger partial charge in [0.05, 0.1) is 11.3 Å². The number of carboxylic acid groups (broad SMARTS) is 1. The Morgan fingerprint density at radius 1 is 1.09 bits per heavy atom. The fourth-order valence-corrected chi connectivity index (χ4v) is 6.47. The van der Waals surface area contributed by atoms with Crippen LogP contribution in [0.2, 0.25) is 0 Å². The zero-order valence-electron chi connectivity index (χ0n) is 22.6. The topological polar surface area (TPSA) is 146 Å². The molecule has 10 nitrogen and oxygen atoms in total. The Morgan fingerprint density at radius 3 is 2.19 bits per heavy atom. The molecule has 4 rings (SSSR count). The highest BCUT2D eigenvalue weighted by Gasteiger charge is 2.38. The van der Waals surface area contributed by atoms with Gasteiger partial charge < -0.3 is 21.1 Å². The van der Waals surface area contributed by atoms with E-state index in [4.69, 9.17) is 15.6 Å². The summed E-state index contributed by atoms with van der Waals surface area (Å²) in [5.41, 5.74) is 6.15. The zero-order valence-corrected chi connectivity index (χ0v) is 24.3. The van der Waals surface area contributed by atoms with Crippen LogP contribution in [0.3, 0.4) is 0 Å². The van der Waals surface area contributed by atoms with Crippen LogP contribution in [0.5, 0.6) is 0 Å². The highest BCUT2D eigenvalue weighted by atomic mass is 32.2. The van der Waals surface area contributed by atoms with Crippen LogP contribution in [0.1, 0.15) is 28.1 Å². The molecule has 234 valence electrons. The van der Waals surface area contributed by atoms with Crippen LogP contribution in [0.4, 0.5) is 38.6 Å². The molecule has 1 saturated heterocycles. The van der Waals surface area contributed by atoms with E-state index in [0.29, 0.717) is 37.6 Å². The average molecular weight is 650 g/mol. The first-order valence-electron chi connectivity index (χ1n) is 12.7. The van der Waals surface area contributed by atoms with Crippen LogP contribution in [0.25, 0.3) is 0 Å². The van der Waals surface area contributed by atoms with E-state index in [1.807, 2.05) is 42.3 Å². The Morgan fingerprint density at radius 2 is 1.65 bits per heavy atom. The van der Waals surface area contributed by atoms with Gasteiger partial charge >= 0.3 is 12.1 Å². The number of piperidine rings is 1. The number of carbonyl (C=O) groups is 2. The number of hydrogen-bond acceptors (Lipinski definition) is 9. The first kappa shape index (κ1) is 33.7. The molecule has 1 aliphatic rings. The third kappa shape index (κ3) is 9.08. The van der Waals surface area contributed by atoms with Gasteiger partial charge in [-0.3, -0.25) is 4.79 Å². The maximum atomic E-state index is 14.0. The number of sulfonamides is 1. The molecule has 2 aromatic carbocycles. The number of carbonyl (C=O) groups excluding carboxylic acids is 1. The van der Waals surface area contributed by atoms with Crippen molar-refractivity contribution in [2.24, 2.45) is 0 Å². The molecular formula is C26H28F5N5O5S2. The minimum atomic E-state index is -5.08. The Kier molecular flexibility index (Phi) is 11.0. The second-order valence-electron chi connectivity index (χ2n) is 9.35. The quantitative estimate of drug-likeness (QED) is 0.229. The molecule has 0 saturated carbocycles. The van der Waals surface area contributed by atoms with Crippen LogP contribution in [-0.4, -0.2) is 79.2 Å². The molecule has 0 amide bonds. The Hall–Kier alpha value is -3.83. The lowest BCUT2D eigenvalue weighted by Gasteiger charge is -2.32. The molecule has 2 heterocycles. The van der Waals surface area contributed by atoms with Crippen molar-refractivity contribution in [1.82, 2.24) is 9.29 Å². The summed E-state index contributed by atoms with van der Waals surface area (Å²) in [6.45, 7) is 1.08. The van der Waals surface area contributed by atoms with E-state index in [1.165, 1.54) is 10.4 Å². The van der Waals surface area contributed by atoms with E-state index < -0.39 is 45.2 Å². The fourth-order valence-electron chi connectivity index (χ4n) is 4.03. The van der Waals surface area contributed by atoms with Crippen LogP contribution < -0.4 is 16.0 Å². The standard InChI is InChI=1S/C24H27F2N5O3S2.C2HF3O2/c1-30(17-6-3-2-4-7-17)14-15-36(33,34)31-12-10-16(11-13-31)28-24-29-23(27)22(35-24)21(32)20-18(25)8-5-9-19(20)26;3-2(4,5)1(6)7/h2-9,16H,10-15,27H2,1H3,(H,28,29);(H,6,7). The fraction of sp³-hybridized carbons (Fsp3) is 0.346. The number of para-hydroxylation sites is 1. The summed E-state index contributed by atoms with van der Waals surface area (Å²) < 4.78 is 87.0. The molecule has 0 unspecified atom stereocenters. The molecule has 0 bridgehead atoms. The van der Waals surface area contributed by atoms with Crippen molar-refractivity contribution in [3.63, 3.8) is 0 Å². The number of anilines is 3. The maximum Gasteiger partial charge on any atom is 0.490 e. The van der Waals surface area contributed by atoms with Gasteiger partial charge in [-0.1, -0.05) is 35.6 Å². The number of hydrogen-bond donors (Lipinski definition) is 3. The minimum absolute atomic E-state index is 0.0115. The van der Waals surface area contributed by atoms with E-state index in [-0.39, 0.29) is 22.5 Å². The van der Waals surface area contributed by atoms with Gasteiger partial charge in [-0.05, 0) is 37.1 Å². The van der Waals surface area contributed by atoms with E-state index in [1.54, 1.807) is 0 Å². The van der Waals surface area contributed by atoms with Gasteiger partial charge in [-0.25, -0.2) is 31.3 Å². The zero-order chi connectivity index (χ0) is 31.9. The summed E-state index contributed by atoms with van der Waals surface area (Å²) in [5.74, 6) is -5.66. The number of nitrogens with one attached hydrogen (secondary N) is 1. The summed E-state index contributed by atoms with van der Waals surface area (Å²) in [7, 11) is -1.56. The smallest absolute Gasteiger partial charge is 0.475 e. The Bertz CT molecular complexity index is 1510. The van der Waals surface area contributed by atoms with Crippen molar-refractivity contribution in [1.29, 1.82) is 0 Å². The summed E-state index contributed by atoms with van der Waals surface area (Å²) in [6, 6.07) is 12.7. The Balaban J connectivity index is 0.000000646. The van der Waals surface area contributed by atoms with Crippen LogP contribution in [0.15, 0.2) is 48.5 Å². The van der Waals surface area contributed by atoms with Gasteiger partial charge in [0.1, 0.15) is 22.3 Å². The number of rotatable bonds is 9. The summed E-state index contributed by atoms with van der Waals surface area (Å²) in [5, 5.41) is 10.7. The van der Waals surface area contributed by atoms with Crippen molar-refractivity contribution in [2.75, 3.05) is 48.4 Å². The second-order valence-corrected chi connectivity index (χ2v) is 12.4. The molecule has 0 atom stereocenters. The van der Waals surface area contributed by atoms with Gasteiger partial charge in [0, 0.05) is 38.4 Å². The van der Waals surface area contributed by atoms with Gasteiger partial charge in [-0.2, -0.15) is 13.2 Å². The lowest BCUT2D eigenvalue weighted by atomic mass is 10.1. The highest BCUT2D eigenvalue weighted by Crippen LogP contribution is 2.30. The number of alkyl halides is 3. The van der Waals surface area contributed by atoms with Crippen molar-refractivity contribution >= 4 is 49.7 Å². The third-order valence-electron chi connectivity index (χ3n) is 6.35. The van der Waals surface area contributed by atoms with E-state index in [9.17, 15) is 35.2 Å². The van der Waals surface area contributed by atoms with Gasteiger partial charge in [0.2, 0.25) is 15.8 Å². The van der Waals surface area contributed by atoms with Gasteiger partial charge in [-0.15, -0.1) is 0 Å². The highest BCUT2D eigenvalue weighted by molar-refractivity contribution is 7.89. The number of nitrogens with two attached hydrogens (primary N) is 1. The number of aliphatic carboxylic acids is 1. The largest absolute Gasteiger partial charge is 0.490 e. The molecule has 0 aliphatic carbocycles. The van der Waals surface area contributed by atoms with Crippen molar-refractivity contribution in [3.05, 3.63) is 70.6 Å². The first-order valence-corrected chi connectivity index (χ1v) is 15.1. The maximum absolute atomic E-state index is 14.0. The van der Waals surface area contributed by atoms with Crippen molar-refractivity contribution < 1.29 is 45.1 Å². The van der Waals surface area contributed by atoms with Crippen LogP contribution in [-0.2, 0) is 14.8 Å². The minimum Gasteiger partial charge on any atom is -0.475 e. The first-order chi connectivity index (χ1) is 20.1. The van der Waals surface area contributed by atoms with Gasteiger partial charge in [0.15, 0.2) is 5.13 Å². The predicted octanol–water partition coefficient (Wildman–Crippen LogP) is 4.21. The normalized spacial score (nSPS) is 14.5. The number of halogens is 5. The molecule has 3 aromatic rings. The molecule has 0 spiro atoms. The van der Waals surface area contributed by atoms with Crippen molar-refractivity contribution in [3.8, 4) is 0 Å². The van der Waals surface area contributed by atoms with Gasteiger partial charge in [0.25, 0.3) is 0 Å². The Labute approximate surface area is 248 Å². The van der Waals surface area contributed by atoms with Crippen LogP contribution >= 0.6 is 11.3 Å². The SMILES string of the molecule is CN(CCS(=O)(=O)N1CCC(Nc2nc(N)c(C(=O)c3c(F)cccc3F)s2)CC1)c1ccccc1.O=C(O)C(F)(F)F. The number of carboxylic acids is 1. The number of thiazole rings is 1. The van der Waals surface area contributed by atoms with Crippen molar-refractivity contribution in [2.45, 2.75) is 25.1 Å². The summed E-state index contributed by atoms with van der Waals surface area (Å²) in [6.07, 6.45) is -4.00. The van der Waals surface area contributed by atoms with E-state index >= 15 is 0 Å². The molecule has 1 fully saturated rings. The number of nitrogen functional groups attached to an aromatic ring is 1. The number of benzene rings is 2. The monoisotopic (exact) mass is 649 g/mol. The number of aromatic nitrogens is 1. The molecule has 0 radical (unpaired) electrons. The lowest BCUT2D eigenvalue weighted by molar-refractivity contribution is -0.192. The van der Waals surface area contributed by atoms with E-state index in [0.717, 1.165) is 29.2 Å². The molecule has 43 heavy (non-hydrogen) atoms. The second kappa shape index (κ2) is 14.1. The molecular weight excluding hydrogens is 621 g/mol. The molecule has 17 heteroatoms. The predicted molar refractivity (Wildman–Crippen MR) is 152 cm³/mol. The lowest BCUT2D eigenvalue weighted by Crippen LogP contribution is -2.44. The summed E-state index contributed by atoms with van der Waals surface area (Å²) in [4.78, 5) is 27.6. The third-order valence-corrected chi connectivity index (χ3v) is 9.20.